The normalized spacial score (nSPS) is 11.6. The van der Waals surface area contributed by atoms with E-state index in [1.807, 2.05) is 24.4 Å². The number of nitrogens with zero attached hydrogens (tertiary/aromatic N) is 1. The van der Waals surface area contributed by atoms with Crippen molar-refractivity contribution in [3.8, 4) is 5.75 Å². The number of benzene rings is 1. The molecular formula is C16H25NOSe. The number of hydrogen-bond acceptors (Lipinski definition) is 2. The van der Waals surface area contributed by atoms with Crippen LogP contribution in [-0.2, 0) is 0 Å². The van der Waals surface area contributed by atoms with Gasteiger partial charge in [0, 0.05) is 0 Å². The van der Waals surface area contributed by atoms with E-state index in [1.54, 1.807) is 0 Å². The van der Waals surface area contributed by atoms with Gasteiger partial charge in [-0.05, 0) is 0 Å². The standard InChI is InChI=1S/C16H25NOSe/c1-4-13(5-2)15-9-6-8-14(16(15)18)12-17-10-7-11-19-3/h6,8-9,12-13,18H,4-5,7,10-11H2,1-3H3. The second-order valence-corrected chi connectivity index (χ2v) is 6.75. The molecule has 0 fully saturated rings. The monoisotopic (exact) mass is 327 g/mol. The molecular weight excluding hydrogens is 301 g/mol. The Balaban J connectivity index is 2.77. The predicted molar refractivity (Wildman–Crippen MR) is 84.9 cm³/mol. The third-order valence-electron chi connectivity index (χ3n) is 3.39. The molecule has 0 amide bonds. The van der Waals surface area contributed by atoms with Crippen LogP contribution in [0, 0.1) is 0 Å². The molecule has 0 aliphatic heterocycles. The molecule has 0 atom stereocenters. The fourth-order valence-corrected chi connectivity index (χ4v) is 3.08. The molecule has 0 aliphatic rings. The SMILES string of the molecule is CCC(CC)c1cccc(C=NCCC[Se]C)c1O. The molecule has 1 aromatic rings. The van der Waals surface area contributed by atoms with Gasteiger partial charge in [-0.2, -0.15) is 0 Å². The molecule has 0 spiro atoms. The molecule has 0 aliphatic carbocycles. The first-order chi connectivity index (χ1) is 9.24. The van der Waals surface area contributed by atoms with Crippen LogP contribution in [0.15, 0.2) is 23.2 Å². The van der Waals surface area contributed by atoms with Gasteiger partial charge in [0.1, 0.15) is 0 Å². The van der Waals surface area contributed by atoms with Crippen LogP contribution in [0.3, 0.4) is 0 Å². The molecule has 19 heavy (non-hydrogen) atoms. The molecule has 0 bridgehead atoms. The average Bonchev–Trinajstić information content (AvgIpc) is 2.43. The van der Waals surface area contributed by atoms with Gasteiger partial charge in [-0.15, -0.1) is 0 Å². The second-order valence-electron chi connectivity index (χ2n) is 4.68. The van der Waals surface area contributed by atoms with Crippen LogP contribution in [0.2, 0.25) is 11.1 Å². The van der Waals surface area contributed by atoms with Crippen LogP contribution in [0.1, 0.15) is 50.2 Å². The summed E-state index contributed by atoms with van der Waals surface area (Å²) in [5, 5.41) is 11.6. The van der Waals surface area contributed by atoms with Gasteiger partial charge in [-0.25, -0.2) is 0 Å². The van der Waals surface area contributed by atoms with Crippen molar-refractivity contribution < 1.29 is 5.11 Å². The van der Waals surface area contributed by atoms with E-state index < -0.39 is 0 Å². The zero-order valence-electron chi connectivity index (χ0n) is 12.2. The summed E-state index contributed by atoms with van der Waals surface area (Å²) >= 11 is 0.743. The van der Waals surface area contributed by atoms with Crippen molar-refractivity contribution in [2.75, 3.05) is 6.54 Å². The summed E-state index contributed by atoms with van der Waals surface area (Å²) in [7, 11) is 0. The number of para-hydroxylation sites is 1. The van der Waals surface area contributed by atoms with Crippen molar-refractivity contribution in [1.29, 1.82) is 0 Å². The topological polar surface area (TPSA) is 32.6 Å². The average molecular weight is 326 g/mol. The molecule has 2 nitrogen and oxygen atoms in total. The summed E-state index contributed by atoms with van der Waals surface area (Å²) in [6.45, 7) is 5.20. The Morgan fingerprint density at radius 3 is 2.68 bits per heavy atom. The van der Waals surface area contributed by atoms with Crippen LogP contribution in [-0.4, -0.2) is 32.8 Å². The van der Waals surface area contributed by atoms with Gasteiger partial charge in [-0.3, -0.25) is 0 Å². The Bertz CT molecular complexity index is 400. The Morgan fingerprint density at radius 2 is 2.05 bits per heavy atom. The van der Waals surface area contributed by atoms with E-state index in [-0.39, 0.29) is 0 Å². The Kier molecular flexibility index (Phi) is 7.85. The fourth-order valence-electron chi connectivity index (χ4n) is 2.21. The number of phenolic OH excluding ortho intramolecular Hbond substituents is 1. The molecule has 0 heterocycles. The first kappa shape index (κ1) is 16.3. The quantitative estimate of drug-likeness (QED) is 0.432. The molecule has 1 rings (SSSR count). The Morgan fingerprint density at radius 1 is 1.32 bits per heavy atom. The Labute approximate surface area is 123 Å². The maximum absolute atomic E-state index is 10.3. The maximum atomic E-state index is 10.3. The third kappa shape index (κ3) is 5.00. The van der Waals surface area contributed by atoms with Crippen LogP contribution in [0.4, 0.5) is 0 Å². The summed E-state index contributed by atoms with van der Waals surface area (Å²) in [5.41, 5.74) is 1.91. The van der Waals surface area contributed by atoms with E-state index in [0.29, 0.717) is 11.7 Å². The number of phenols is 1. The van der Waals surface area contributed by atoms with E-state index in [0.717, 1.165) is 51.9 Å². The minimum atomic E-state index is 0.416. The second kappa shape index (κ2) is 9.17. The van der Waals surface area contributed by atoms with Gasteiger partial charge >= 0.3 is 123 Å². The van der Waals surface area contributed by atoms with Gasteiger partial charge < -0.3 is 0 Å². The molecule has 1 N–H and O–H groups in total. The van der Waals surface area contributed by atoms with Crippen LogP contribution < -0.4 is 0 Å². The number of aliphatic imine (C=N–C) groups is 1. The molecule has 106 valence electrons. The summed E-state index contributed by atoms with van der Waals surface area (Å²) in [4.78, 5) is 4.42. The van der Waals surface area contributed by atoms with Crippen LogP contribution >= 0.6 is 0 Å². The van der Waals surface area contributed by atoms with Crippen molar-refractivity contribution in [2.24, 2.45) is 4.99 Å². The summed E-state index contributed by atoms with van der Waals surface area (Å²) in [6, 6.07) is 5.99. The molecule has 0 saturated heterocycles. The van der Waals surface area contributed by atoms with E-state index in [1.165, 1.54) is 5.32 Å². The zero-order chi connectivity index (χ0) is 14.1. The molecule has 0 aromatic heterocycles. The van der Waals surface area contributed by atoms with Gasteiger partial charge in [0.15, 0.2) is 0 Å². The molecule has 1 aromatic carbocycles. The van der Waals surface area contributed by atoms with Gasteiger partial charge in [0.2, 0.25) is 0 Å². The fraction of sp³-hybridized carbons (Fsp3) is 0.562. The number of rotatable bonds is 8. The molecule has 3 heteroatoms. The van der Waals surface area contributed by atoms with Crippen molar-refractivity contribution >= 4 is 21.2 Å². The summed E-state index contributed by atoms with van der Waals surface area (Å²) < 4.78 is 0. The van der Waals surface area contributed by atoms with E-state index in [9.17, 15) is 5.11 Å². The minimum absolute atomic E-state index is 0.416. The van der Waals surface area contributed by atoms with Gasteiger partial charge in [-0.1, -0.05) is 0 Å². The number of hydrogen-bond donors (Lipinski definition) is 1. The summed E-state index contributed by atoms with van der Waals surface area (Å²) in [6.07, 6.45) is 5.09. The molecule has 0 unspecified atom stereocenters. The summed E-state index contributed by atoms with van der Waals surface area (Å²) in [5.74, 6) is 3.11. The predicted octanol–water partition coefficient (Wildman–Crippen LogP) is 4.28. The van der Waals surface area contributed by atoms with E-state index in [2.05, 4.69) is 24.7 Å². The number of aromatic hydroxyl groups is 1. The first-order valence-electron chi connectivity index (χ1n) is 7.05. The first-order valence-corrected chi connectivity index (χ1v) is 9.97. The van der Waals surface area contributed by atoms with E-state index >= 15 is 0 Å². The van der Waals surface area contributed by atoms with Crippen molar-refractivity contribution in [3.05, 3.63) is 29.3 Å². The van der Waals surface area contributed by atoms with Crippen molar-refractivity contribution in [2.45, 2.75) is 50.2 Å². The van der Waals surface area contributed by atoms with Crippen molar-refractivity contribution in [1.82, 2.24) is 0 Å². The Hall–Kier alpha value is -0.791. The zero-order valence-corrected chi connectivity index (χ0v) is 13.9. The van der Waals surface area contributed by atoms with Gasteiger partial charge in [0.25, 0.3) is 0 Å². The van der Waals surface area contributed by atoms with Crippen LogP contribution in [0.5, 0.6) is 5.75 Å². The van der Waals surface area contributed by atoms with Gasteiger partial charge in [0.05, 0.1) is 0 Å². The third-order valence-corrected chi connectivity index (χ3v) is 4.85. The van der Waals surface area contributed by atoms with Crippen LogP contribution in [0.25, 0.3) is 0 Å². The van der Waals surface area contributed by atoms with Crippen molar-refractivity contribution in [3.63, 3.8) is 0 Å². The molecule has 0 saturated carbocycles. The molecule has 0 radical (unpaired) electrons. The van der Waals surface area contributed by atoms with E-state index in [4.69, 9.17) is 0 Å².